The number of hydrogen-bond acceptors (Lipinski definition) is 7. The molecule has 1 aromatic rings. The molecule has 0 radical (unpaired) electrons. The number of methoxy groups -OCH3 is 1. The molecule has 5 unspecified atom stereocenters. The highest BCUT2D eigenvalue weighted by Gasteiger charge is 2.57. The predicted molar refractivity (Wildman–Crippen MR) is 77.6 cm³/mol. The van der Waals surface area contributed by atoms with Gasteiger partial charge in [0.15, 0.2) is 11.6 Å². The van der Waals surface area contributed by atoms with Crippen LogP contribution in [0.15, 0.2) is 12.1 Å². The van der Waals surface area contributed by atoms with Gasteiger partial charge in [-0.1, -0.05) is 0 Å². The van der Waals surface area contributed by atoms with Crippen LogP contribution in [0.25, 0.3) is 0 Å². The number of Topliss-reactive ketones (excluding diaryl/α,β-unsaturated/α-hetero) is 2. The van der Waals surface area contributed by atoms with Crippen molar-refractivity contribution < 1.29 is 34.8 Å². The van der Waals surface area contributed by atoms with E-state index in [9.17, 15) is 30.0 Å². The Hall–Kier alpha value is -1.96. The molecule has 0 aromatic heterocycles. The van der Waals surface area contributed by atoms with Gasteiger partial charge in [-0.2, -0.15) is 0 Å². The number of aromatic hydroxyl groups is 1. The Morgan fingerprint density at radius 3 is 2.48 bits per heavy atom. The van der Waals surface area contributed by atoms with Crippen LogP contribution in [0, 0.1) is 11.8 Å². The fourth-order valence-electron chi connectivity index (χ4n) is 3.54. The Kier molecular flexibility index (Phi) is 3.47. The minimum Gasteiger partial charge on any atom is -0.507 e. The van der Waals surface area contributed by atoms with Crippen molar-refractivity contribution in [3.8, 4) is 11.5 Å². The molecule has 1 saturated carbocycles. The van der Waals surface area contributed by atoms with E-state index in [0.29, 0.717) is 0 Å². The van der Waals surface area contributed by atoms with E-state index < -0.39 is 41.2 Å². The number of phenols is 1. The molecule has 1 fully saturated rings. The smallest absolute Gasteiger partial charge is 0.171 e. The molecule has 3 rings (SSSR count). The van der Waals surface area contributed by atoms with E-state index in [1.165, 1.54) is 26.2 Å². The second-order valence-electron chi connectivity index (χ2n) is 6.35. The number of aliphatic hydroxyl groups excluding tert-OH is 2. The number of rotatable bonds is 1. The van der Waals surface area contributed by atoms with Gasteiger partial charge in [0.1, 0.15) is 17.1 Å². The summed E-state index contributed by atoms with van der Waals surface area (Å²) in [5, 5.41) is 40.6. The number of carbonyl (C=O) groups excluding carboxylic acids is 2. The van der Waals surface area contributed by atoms with Gasteiger partial charge in [-0.25, -0.2) is 0 Å². The Morgan fingerprint density at radius 1 is 1.22 bits per heavy atom. The van der Waals surface area contributed by atoms with Gasteiger partial charge in [0.05, 0.1) is 30.8 Å². The first-order chi connectivity index (χ1) is 10.7. The number of fused-ring (bicyclic) bond motifs is 2. The largest absolute Gasteiger partial charge is 0.507 e. The van der Waals surface area contributed by atoms with Crippen LogP contribution in [0.3, 0.4) is 0 Å². The van der Waals surface area contributed by atoms with Crippen molar-refractivity contribution in [2.24, 2.45) is 11.8 Å². The molecule has 5 atom stereocenters. The summed E-state index contributed by atoms with van der Waals surface area (Å²) in [7, 11) is 1.36. The zero-order valence-corrected chi connectivity index (χ0v) is 12.7. The number of ether oxygens (including phenoxy) is 1. The third kappa shape index (κ3) is 2.08. The molecule has 0 bridgehead atoms. The van der Waals surface area contributed by atoms with Gasteiger partial charge in [0, 0.05) is 17.5 Å². The summed E-state index contributed by atoms with van der Waals surface area (Å²) in [5.74, 6) is -3.41. The first-order valence-electron chi connectivity index (χ1n) is 7.28. The van der Waals surface area contributed by atoms with Crippen molar-refractivity contribution in [3.05, 3.63) is 23.3 Å². The van der Waals surface area contributed by atoms with Crippen LogP contribution in [0.5, 0.6) is 11.5 Å². The summed E-state index contributed by atoms with van der Waals surface area (Å²) in [6.45, 7) is 1.23. The molecule has 7 nitrogen and oxygen atoms in total. The molecule has 0 aliphatic heterocycles. The van der Waals surface area contributed by atoms with Gasteiger partial charge in [-0.15, -0.1) is 0 Å². The third-order valence-electron chi connectivity index (χ3n) is 5.00. The van der Waals surface area contributed by atoms with Crippen LogP contribution in [0.2, 0.25) is 0 Å². The van der Waals surface area contributed by atoms with E-state index in [0.717, 1.165) is 0 Å². The average Bonchev–Trinajstić information content (AvgIpc) is 2.49. The summed E-state index contributed by atoms with van der Waals surface area (Å²) < 4.78 is 4.99. The molecule has 0 heterocycles. The maximum Gasteiger partial charge on any atom is 0.171 e. The second kappa shape index (κ2) is 5.02. The minimum absolute atomic E-state index is 0.0423. The monoisotopic (exact) mass is 322 g/mol. The number of benzene rings is 1. The highest BCUT2D eigenvalue weighted by atomic mass is 16.5. The van der Waals surface area contributed by atoms with E-state index in [1.807, 2.05) is 0 Å². The molecule has 2 aliphatic rings. The molecule has 124 valence electrons. The topological polar surface area (TPSA) is 124 Å². The molecule has 0 saturated heterocycles. The Balaban J connectivity index is 2.17. The molecule has 2 aliphatic carbocycles. The van der Waals surface area contributed by atoms with Crippen molar-refractivity contribution in [3.63, 3.8) is 0 Å². The lowest BCUT2D eigenvalue weighted by Gasteiger charge is -2.47. The van der Waals surface area contributed by atoms with Gasteiger partial charge >= 0.3 is 0 Å². The normalized spacial score (nSPS) is 36.4. The first kappa shape index (κ1) is 15.9. The Morgan fingerprint density at radius 2 is 1.87 bits per heavy atom. The van der Waals surface area contributed by atoms with Gasteiger partial charge < -0.3 is 25.2 Å². The summed E-state index contributed by atoms with van der Waals surface area (Å²) in [6, 6.07) is 2.56. The number of aliphatic hydroxyl groups is 3. The lowest BCUT2D eigenvalue weighted by atomic mass is 9.61. The number of carbonyl (C=O) groups is 2. The van der Waals surface area contributed by atoms with Crippen LogP contribution in [-0.2, 0) is 0 Å². The zero-order chi connectivity index (χ0) is 17.1. The highest BCUT2D eigenvalue weighted by Crippen LogP contribution is 2.46. The molecule has 4 N–H and O–H groups in total. The van der Waals surface area contributed by atoms with E-state index in [2.05, 4.69) is 0 Å². The van der Waals surface area contributed by atoms with E-state index in [4.69, 9.17) is 4.74 Å². The molecular formula is C16H18O7. The quantitative estimate of drug-likeness (QED) is 0.568. The molecule has 1 aromatic carbocycles. The summed E-state index contributed by atoms with van der Waals surface area (Å²) in [6.07, 6.45) is -3.10. The Bertz CT molecular complexity index is 694. The highest BCUT2D eigenvalue weighted by molar-refractivity contribution is 6.18. The van der Waals surface area contributed by atoms with Crippen molar-refractivity contribution >= 4 is 11.6 Å². The SMILES string of the molecule is COc1cc(O)c2c(c1)C(=O)C1C(CC(O)C(C)(O)C1O)C2=O. The van der Waals surface area contributed by atoms with E-state index >= 15 is 0 Å². The predicted octanol–water partition coefficient (Wildman–Crippen LogP) is -0.111. The number of phenolic OH excluding ortho intramolecular Hbond substituents is 1. The molecule has 0 amide bonds. The molecule has 23 heavy (non-hydrogen) atoms. The van der Waals surface area contributed by atoms with Crippen LogP contribution in [-0.4, -0.2) is 56.9 Å². The average molecular weight is 322 g/mol. The van der Waals surface area contributed by atoms with Gasteiger partial charge in [0.2, 0.25) is 0 Å². The lowest BCUT2D eigenvalue weighted by molar-refractivity contribution is -0.178. The van der Waals surface area contributed by atoms with Gasteiger partial charge in [-0.05, 0) is 19.4 Å². The van der Waals surface area contributed by atoms with Crippen molar-refractivity contribution in [2.45, 2.75) is 31.2 Å². The lowest BCUT2D eigenvalue weighted by Crippen LogP contribution is -2.63. The van der Waals surface area contributed by atoms with Crippen molar-refractivity contribution in [1.29, 1.82) is 0 Å². The van der Waals surface area contributed by atoms with Crippen LogP contribution < -0.4 is 4.74 Å². The second-order valence-corrected chi connectivity index (χ2v) is 6.35. The van der Waals surface area contributed by atoms with Crippen molar-refractivity contribution in [1.82, 2.24) is 0 Å². The maximum absolute atomic E-state index is 12.8. The first-order valence-corrected chi connectivity index (χ1v) is 7.28. The molecular weight excluding hydrogens is 304 g/mol. The summed E-state index contributed by atoms with van der Waals surface area (Å²) in [5.41, 5.74) is -2.06. The standard InChI is InChI=1S/C16H18O7/c1-16(22)10(18)5-8-12(15(16)21)14(20)7-3-6(23-2)4-9(17)11(7)13(8)19/h3-4,8,10,12,15,17-18,21-22H,5H2,1-2H3. The van der Waals surface area contributed by atoms with E-state index in [1.54, 1.807) is 0 Å². The third-order valence-corrected chi connectivity index (χ3v) is 5.00. The van der Waals surface area contributed by atoms with Crippen LogP contribution in [0.4, 0.5) is 0 Å². The zero-order valence-electron chi connectivity index (χ0n) is 12.7. The maximum atomic E-state index is 12.8. The molecule has 7 heteroatoms. The van der Waals surface area contributed by atoms with Crippen molar-refractivity contribution in [2.75, 3.05) is 7.11 Å². The van der Waals surface area contributed by atoms with Gasteiger partial charge in [0.25, 0.3) is 0 Å². The van der Waals surface area contributed by atoms with Gasteiger partial charge in [-0.3, -0.25) is 9.59 Å². The summed E-state index contributed by atoms with van der Waals surface area (Å²) in [4.78, 5) is 25.4. The summed E-state index contributed by atoms with van der Waals surface area (Å²) >= 11 is 0. The van der Waals surface area contributed by atoms with E-state index in [-0.39, 0.29) is 29.0 Å². The number of hydrogen-bond donors (Lipinski definition) is 4. The molecule has 0 spiro atoms. The fourth-order valence-corrected chi connectivity index (χ4v) is 3.54. The van der Waals surface area contributed by atoms with Crippen LogP contribution >= 0.6 is 0 Å². The fraction of sp³-hybridized carbons (Fsp3) is 0.500. The van der Waals surface area contributed by atoms with Crippen LogP contribution in [0.1, 0.15) is 34.1 Å². The Labute approximate surface area is 132 Å². The minimum atomic E-state index is -1.89. The number of ketones is 2.